The van der Waals surface area contributed by atoms with Gasteiger partial charge >= 0.3 is 5.69 Å². The summed E-state index contributed by atoms with van der Waals surface area (Å²) in [6.45, 7) is 2.36. The van der Waals surface area contributed by atoms with E-state index in [-0.39, 0.29) is 18.0 Å². The lowest BCUT2D eigenvalue weighted by Gasteiger charge is -2.20. The zero-order valence-electron chi connectivity index (χ0n) is 13.1. The van der Waals surface area contributed by atoms with Gasteiger partial charge in [-0.3, -0.25) is 14.8 Å². The lowest BCUT2D eigenvalue weighted by atomic mass is 9.99. The number of halogens is 1. The molecule has 0 saturated carbocycles. The van der Waals surface area contributed by atoms with Gasteiger partial charge in [-0.05, 0) is 36.6 Å². The average Bonchev–Trinajstić information content (AvgIpc) is 3.17. The standard InChI is InChI=1S/C16H19FN4O3/c17-14-3-1-12(2-4-14)13-5-6-19(8-13)10-16(22)11-20-9-15(7-18-20)21(23)24/h1-4,7,9,13,16,22H,5-6,8,10-11H2/t13-,16+/m0/s1. The van der Waals surface area contributed by atoms with Crippen LogP contribution in [0.1, 0.15) is 17.9 Å². The molecule has 2 aromatic rings. The summed E-state index contributed by atoms with van der Waals surface area (Å²) in [5.41, 5.74) is 1.02. The van der Waals surface area contributed by atoms with Crippen LogP contribution < -0.4 is 0 Å². The number of aliphatic hydroxyl groups is 1. The number of hydrogen-bond donors (Lipinski definition) is 1. The quantitative estimate of drug-likeness (QED) is 0.643. The molecule has 0 radical (unpaired) electrons. The molecule has 1 aromatic carbocycles. The molecule has 0 amide bonds. The van der Waals surface area contributed by atoms with Crippen LogP contribution in [0, 0.1) is 15.9 Å². The molecule has 128 valence electrons. The summed E-state index contributed by atoms with van der Waals surface area (Å²) in [5, 5.41) is 24.7. The first-order chi connectivity index (χ1) is 11.5. The zero-order valence-corrected chi connectivity index (χ0v) is 13.1. The number of hydrogen-bond acceptors (Lipinski definition) is 5. The molecule has 7 nitrogen and oxygen atoms in total. The Labute approximate surface area is 138 Å². The van der Waals surface area contributed by atoms with Gasteiger partial charge in [-0.2, -0.15) is 5.10 Å². The fraction of sp³-hybridized carbons (Fsp3) is 0.438. The normalized spacial score (nSPS) is 19.5. The SMILES string of the molecule is O=[N+]([O-])c1cnn(C[C@H](O)CN2CC[C@H](c3ccc(F)cc3)C2)c1. The molecule has 1 aromatic heterocycles. The van der Waals surface area contributed by atoms with Crippen LogP contribution in [0.2, 0.25) is 0 Å². The van der Waals surface area contributed by atoms with Crippen molar-refractivity contribution in [3.8, 4) is 0 Å². The smallest absolute Gasteiger partial charge is 0.306 e. The first-order valence-electron chi connectivity index (χ1n) is 7.84. The highest BCUT2D eigenvalue weighted by atomic mass is 19.1. The minimum atomic E-state index is -0.656. The summed E-state index contributed by atoms with van der Waals surface area (Å²) in [6.07, 6.45) is 2.80. The van der Waals surface area contributed by atoms with E-state index in [0.29, 0.717) is 12.5 Å². The van der Waals surface area contributed by atoms with Crippen LogP contribution in [0.3, 0.4) is 0 Å². The highest BCUT2D eigenvalue weighted by Crippen LogP contribution is 2.27. The average molecular weight is 334 g/mol. The van der Waals surface area contributed by atoms with Crippen molar-refractivity contribution in [3.05, 3.63) is 58.2 Å². The molecule has 1 N–H and O–H groups in total. The number of aliphatic hydroxyl groups excluding tert-OH is 1. The minimum Gasteiger partial charge on any atom is -0.390 e. The first-order valence-corrected chi connectivity index (χ1v) is 7.84. The molecule has 0 bridgehead atoms. The molecule has 2 heterocycles. The maximum absolute atomic E-state index is 13.0. The minimum absolute atomic E-state index is 0.0836. The Kier molecular flexibility index (Phi) is 4.86. The molecule has 0 aliphatic carbocycles. The van der Waals surface area contributed by atoms with Gasteiger partial charge in [-0.15, -0.1) is 0 Å². The number of benzene rings is 1. The van der Waals surface area contributed by atoms with Crippen molar-refractivity contribution in [1.29, 1.82) is 0 Å². The van der Waals surface area contributed by atoms with E-state index in [0.717, 1.165) is 25.1 Å². The second-order valence-electron chi connectivity index (χ2n) is 6.13. The molecule has 24 heavy (non-hydrogen) atoms. The summed E-state index contributed by atoms with van der Waals surface area (Å²) in [7, 11) is 0. The summed E-state index contributed by atoms with van der Waals surface area (Å²) in [6, 6.07) is 6.56. The Balaban J connectivity index is 1.51. The van der Waals surface area contributed by atoms with Gasteiger partial charge in [0, 0.05) is 13.1 Å². The fourth-order valence-corrected chi connectivity index (χ4v) is 3.12. The molecule has 1 fully saturated rings. The Morgan fingerprint density at radius 1 is 1.38 bits per heavy atom. The fourth-order valence-electron chi connectivity index (χ4n) is 3.12. The van der Waals surface area contributed by atoms with Crippen LogP contribution in [-0.2, 0) is 6.54 Å². The van der Waals surface area contributed by atoms with Gasteiger partial charge < -0.3 is 10.0 Å². The molecule has 1 aliphatic rings. The van der Waals surface area contributed by atoms with Gasteiger partial charge in [0.2, 0.25) is 0 Å². The molecule has 0 spiro atoms. The number of rotatable bonds is 6. The highest BCUT2D eigenvalue weighted by Gasteiger charge is 2.25. The molecule has 0 unspecified atom stereocenters. The number of aromatic nitrogens is 2. The molecular weight excluding hydrogens is 315 g/mol. The topological polar surface area (TPSA) is 84.4 Å². The number of β-amino-alcohol motifs (C(OH)–C–C–N with tert-alkyl or cyclic N) is 1. The maximum Gasteiger partial charge on any atom is 0.306 e. The molecule has 8 heteroatoms. The maximum atomic E-state index is 13.0. The Morgan fingerprint density at radius 2 is 2.12 bits per heavy atom. The molecule has 2 atom stereocenters. The Morgan fingerprint density at radius 3 is 2.79 bits per heavy atom. The Bertz CT molecular complexity index is 704. The van der Waals surface area contributed by atoms with Gasteiger partial charge in [0.05, 0.1) is 17.6 Å². The van der Waals surface area contributed by atoms with Crippen molar-refractivity contribution in [2.75, 3.05) is 19.6 Å². The van der Waals surface area contributed by atoms with Gasteiger partial charge in [-0.1, -0.05) is 12.1 Å². The van der Waals surface area contributed by atoms with Gasteiger partial charge in [0.25, 0.3) is 0 Å². The van der Waals surface area contributed by atoms with E-state index in [2.05, 4.69) is 10.00 Å². The lowest BCUT2D eigenvalue weighted by Crippen LogP contribution is -2.33. The predicted molar refractivity (Wildman–Crippen MR) is 85.1 cm³/mol. The first kappa shape index (κ1) is 16.5. The number of likely N-dealkylation sites (tertiary alicyclic amines) is 1. The molecule has 1 saturated heterocycles. The summed E-state index contributed by atoms with van der Waals surface area (Å²) < 4.78 is 14.4. The van der Waals surface area contributed by atoms with Crippen molar-refractivity contribution in [3.63, 3.8) is 0 Å². The third-order valence-electron chi connectivity index (χ3n) is 4.31. The van der Waals surface area contributed by atoms with Crippen molar-refractivity contribution >= 4 is 5.69 Å². The van der Waals surface area contributed by atoms with E-state index in [1.54, 1.807) is 0 Å². The van der Waals surface area contributed by atoms with Gasteiger partial charge in [0.1, 0.15) is 18.2 Å². The summed E-state index contributed by atoms with van der Waals surface area (Å²) in [4.78, 5) is 12.3. The van der Waals surface area contributed by atoms with Crippen molar-refractivity contribution in [1.82, 2.24) is 14.7 Å². The number of nitro groups is 1. The van der Waals surface area contributed by atoms with Crippen LogP contribution in [0.15, 0.2) is 36.7 Å². The van der Waals surface area contributed by atoms with Crippen LogP contribution in [0.5, 0.6) is 0 Å². The predicted octanol–water partition coefficient (Wildman–Crippen LogP) is 1.78. The van der Waals surface area contributed by atoms with Crippen molar-refractivity contribution in [2.24, 2.45) is 0 Å². The van der Waals surface area contributed by atoms with Crippen molar-refractivity contribution < 1.29 is 14.4 Å². The molecule has 1 aliphatic heterocycles. The van der Waals surface area contributed by atoms with E-state index in [4.69, 9.17) is 0 Å². The second-order valence-corrected chi connectivity index (χ2v) is 6.13. The van der Waals surface area contributed by atoms with Crippen LogP contribution in [-0.4, -0.2) is 50.4 Å². The van der Waals surface area contributed by atoms with E-state index < -0.39 is 11.0 Å². The van der Waals surface area contributed by atoms with E-state index in [1.807, 2.05) is 12.1 Å². The van der Waals surface area contributed by atoms with E-state index in [9.17, 15) is 19.6 Å². The van der Waals surface area contributed by atoms with Gasteiger partial charge in [0.15, 0.2) is 0 Å². The van der Waals surface area contributed by atoms with E-state index in [1.165, 1.54) is 29.2 Å². The van der Waals surface area contributed by atoms with Crippen molar-refractivity contribution in [2.45, 2.75) is 25.0 Å². The monoisotopic (exact) mass is 334 g/mol. The van der Waals surface area contributed by atoms with Gasteiger partial charge in [-0.25, -0.2) is 4.39 Å². The zero-order chi connectivity index (χ0) is 17.1. The third kappa shape index (κ3) is 3.95. The third-order valence-corrected chi connectivity index (χ3v) is 4.31. The highest BCUT2D eigenvalue weighted by molar-refractivity contribution is 5.22. The summed E-state index contributed by atoms with van der Waals surface area (Å²) in [5.74, 6) is 0.0981. The van der Waals surface area contributed by atoms with Crippen LogP contribution in [0.4, 0.5) is 10.1 Å². The lowest BCUT2D eigenvalue weighted by molar-refractivity contribution is -0.385. The second kappa shape index (κ2) is 7.06. The number of nitrogens with zero attached hydrogens (tertiary/aromatic N) is 4. The Hall–Kier alpha value is -2.32. The summed E-state index contributed by atoms with van der Waals surface area (Å²) >= 11 is 0. The van der Waals surface area contributed by atoms with E-state index >= 15 is 0 Å². The molecule has 3 rings (SSSR count). The van der Waals surface area contributed by atoms with Crippen LogP contribution in [0.25, 0.3) is 0 Å². The van der Waals surface area contributed by atoms with Crippen LogP contribution >= 0.6 is 0 Å². The largest absolute Gasteiger partial charge is 0.390 e. The molecular formula is C16H19FN4O3.